The highest BCUT2D eigenvalue weighted by molar-refractivity contribution is 5.77. The molecule has 1 aliphatic carbocycles. The summed E-state index contributed by atoms with van der Waals surface area (Å²) in [5.74, 6) is 1.76. The normalized spacial score (nSPS) is 17.7. The zero-order valence-corrected chi connectivity index (χ0v) is 17.0. The molecule has 1 atom stereocenters. The van der Waals surface area contributed by atoms with Crippen LogP contribution in [0.3, 0.4) is 0 Å². The van der Waals surface area contributed by atoms with E-state index in [1.807, 2.05) is 11.0 Å². The first-order chi connectivity index (χ1) is 13.6. The zero-order valence-electron chi connectivity index (χ0n) is 17.0. The summed E-state index contributed by atoms with van der Waals surface area (Å²) in [5.41, 5.74) is 4.32. The molecule has 2 heterocycles. The quantitative estimate of drug-likeness (QED) is 0.800. The van der Waals surface area contributed by atoms with E-state index in [1.54, 1.807) is 12.4 Å². The second-order valence-electron chi connectivity index (χ2n) is 8.35. The number of fused-ring (bicyclic) bond motifs is 1. The first-order valence-electron chi connectivity index (χ1n) is 10.5. The van der Waals surface area contributed by atoms with Gasteiger partial charge in [0.25, 0.3) is 0 Å². The van der Waals surface area contributed by atoms with E-state index in [0.717, 1.165) is 32.1 Å². The summed E-state index contributed by atoms with van der Waals surface area (Å²) in [5, 5.41) is 0. The van der Waals surface area contributed by atoms with E-state index in [1.165, 1.54) is 36.0 Å². The van der Waals surface area contributed by atoms with Crippen LogP contribution in [0.5, 0.6) is 0 Å². The van der Waals surface area contributed by atoms with E-state index in [-0.39, 0.29) is 11.8 Å². The van der Waals surface area contributed by atoms with Crippen molar-refractivity contribution >= 4 is 11.9 Å². The van der Waals surface area contributed by atoms with Gasteiger partial charge in [0.15, 0.2) is 0 Å². The van der Waals surface area contributed by atoms with Crippen molar-refractivity contribution in [2.75, 3.05) is 31.1 Å². The Morgan fingerprint density at radius 1 is 1.04 bits per heavy atom. The van der Waals surface area contributed by atoms with Crippen molar-refractivity contribution in [3.63, 3.8) is 0 Å². The molecule has 0 saturated carbocycles. The van der Waals surface area contributed by atoms with Crippen molar-refractivity contribution in [3.8, 4) is 0 Å². The number of nitrogens with zero attached hydrogens (tertiary/aromatic N) is 4. The Kier molecular flexibility index (Phi) is 5.60. The van der Waals surface area contributed by atoms with Gasteiger partial charge in [-0.15, -0.1) is 0 Å². The Bertz CT molecular complexity index is 813. The van der Waals surface area contributed by atoms with Gasteiger partial charge in [0.2, 0.25) is 11.9 Å². The number of carbonyl (C=O) groups excluding carboxylic acids is 1. The third-order valence-electron chi connectivity index (χ3n) is 6.22. The van der Waals surface area contributed by atoms with Crippen molar-refractivity contribution < 1.29 is 4.79 Å². The first-order valence-corrected chi connectivity index (χ1v) is 10.5. The van der Waals surface area contributed by atoms with Crippen molar-refractivity contribution in [1.29, 1.82) is 0 Å². The lowest BCUT2D eigenvalue weighted by Gasteiger charge is -2.35. The average Bonchev–Trinajstić information content (AvgIpc) is 3.20. The van der Waals surface area contributed by atoms with Crippen LogP contribution < -0.4 is 4.90 Å². The van der Waals surface area contributed by atoms with E-state index in [4.69, 9.17) is 0 Å². The van der Waals surface area contributed by atoms with E-state index in [2.05, 4.69) is 46.9 Å². The number of benzene rings is 1. The second kappa shape index (κ2) is 8.29. The van der Waals surface area contributed by atoms with E-state index in [9.17, 15) is 4.79 Å². The summed E-state index contributed by atoms with van der Waals surface area (Å²) in [6, 6.07) is 8.74. The third kappa shape index (κ3) is 4.03. The minimum Gasteiger partial charge on any atom is -0.339 e. The Labute approximate surface area is 167 Å². The fraction of sp³-hybridized carbons (Fsp3) is 0.522. The summed E-state index contributed by atoms with van der Waals surface area (Å²) < 4.78 is 0. The van der Waals surface area contributed by atoms with Crippen LogP contribution in [0.25, 0.3) is 0 Å². The summed E-state index contributed by atoms with van der Waals surface area (Å²) in [4.78, 5) is 25.9. The SMILES string of the molecule is CC(C)C(CC(=O)N1CCN(c2ncccn2)CC1)c1ccc2c(c1)CCC2. The molecule has 2 aromatic rings. The van der Waals surface area contributed by atoms with Crippen molar-refractivity contribution in [2.45, 2.75) is 45.4 Å². The number of piperazine rings is 1. The maximum Gasteiger partial charge on any atom is 0.225 e. The Morgan fingerprint density at radius 2 is 1.75 bits per heavy atom. The molecule has 148 valence electrons. The molecule has 1 aromatic carbocycles. The lowest BCUT2D eigenvalue weighted by atomic mass is 9.84. The molecule has 4 rings (SSSR count). The van der Waals surface area contributed by atoms with Crippen LogP contribution in [0.2, 0.25) is 0 Å². The minimum absolute atomic E-state index is 0.271. The number of rotatable bonds is 5. The minimum atomic E-state index is 0.271. The molecule has 28 heavy (non-hydrogen) atoms. The van der Waals surface area contributed by atoms with Gasteiger partial charge in [0.1, 0.15) is 0 Å². The lowest BCUT2D eigenvalue weighted by molar-refractivity contribution is -0.132. The molecule has 1 saturated heterocycles. The summed E-state index contributed by atoms with van der Waals surface area (Å²) in [6.07, 6.45) is 7.78. The van der Waals surface area contributed by atoms with Gasteiger partial charge in [0, 0.05) is 45.0 Å². The topological polar surface area (TPSA) is 49.3 Å². The Morgan fingerprint density at radius 3 is 2.46 bits per heavy atom. The number of carbonyl (C=O) groups is 1. The molecule has 1 aromatic heterocycles. The third-order valence-corrected chi connectivity index (χ3v) is 6.22. The molecule has 2 aliphatic rings. The number of hydrogen-bond acceptors (Lipinski definition) is 4. The Hall–Kier alpha value is -2.43. The standard InChI is InChI=1S/C23H30N4O/c1-17(2)21(20-8-7-18-5-3-6-19(18)15-20)16-22(28)26-11-13-27(14-12-26)23-24-9-4-10-25-23/h4,7-10,15,17,21H,3,5-6,11-14,16H2,1-2H3. The van der Waals surface area contributed by atoms with Crippen LogP contribution in [-0.2, 0) is 17.6 Å². The number of aryl methyl sites for hydroxylation is 2. The second-order valence-corrected chi connectivity index (χ2v) is 8.35. The molecular formula is C23H30N4O. The predicted octanol–water partition coefficient (Wildman–Crippen LogP) is 3.44. The van der Waals surface area contributed by atoms with Crippen LogP contribution in [-0.4, -0.2) is 47.0 Å². The van der Waals surface area contributed by atoms with Crippen LogP contribution in [0.15, 0.2) is 36.7 Å². The lowest BCUT2D eigenvalue weighted by Crippen LogP contribution is -2.49. The molecular weight excluding hydrogens is 348 g/mol. The van der Waals surface area contributed by atoms with Gasteiger partial charge in [-0.05, 0) is 53.9 Å². The molecule has 5 heteroatoms. The molecule has 0 spiro atoms. The molecule has 1 unspecified atom stereocenters. The van der Waals surface area contributed by atoms with Gasteiger partial charge >= 0.3 is 0 Å². The molecule has 5 nitrogen and oxygen atoms in total. The molecule has 1 fully saturated rings. The van der Waals surface area contributed by atoms with Crippen LogP contribution in [0.1, 0.15) is 49.3 Å². The molecule has 1 aliphatic heterocycles. The highest BCUT2D eigenvalue weighted by Crippen LogP contribution is 2.32. The van der Waals surface area contributed by atoms with Crippen molar-refractivity contribution in [2.24, 2.45) is 5.92 Å². The van der Waals surface area contributed by atoms with E-state index >= 15 is 0 Å². The van der Waals surface area contributed by atoms with E-state index in [0.29, 0.717) is 12.3 Å². The largest absolute Gasteiger partial charge is 0.339 e. The van der Waals surface area contributed by atoms with Gasteiger partial charge in [-0.25, -0.2) is 9.97 Å². The van der Waals surface area contributed by atoms with Gasteiger partial charge in [0.05, 0.1) is 0 Å². The predicted molar refractivity (Wildman–Crippen MR) is 111 cm³/mol. The molecule has 0 radical (unpaired) electrons. The molecule has 0 N–H and O–H groups in total. The van der Waals surface area contributed by atoms with Crippen LogP contribution in [0.4, 0.5) is 5.95 Å². The number of aromatic nitrogens is 2. The fourth-order valence-electron chi connectivity index (χ4n) is 4.49. The van der Waals surface area contributed by atoms with Gasteiger partial charge in [-0.1, -0.05) is 32.0 Å². The highest BCUT2D eigenvalue weighted by atomic mass is 16.2. The zero-order chi connectivity index (χ0) is 19.5. The van der Waals surface area contributed by atoms with Crippen molar-refractivity contribution in [3.05, 3.63) is 53.3 Å². The monoisotopic (exact) mass is 378 g/mol. The highest BCUT2D eigenvalue weighted by Gasteiger charge is 2.27. The van der Waals surface area contributed by atoms with Crippen molar-refractivity contribution in [1.82, 2.24) is 14.9 Å². The smallest absolute Gasteiger partial charge is 0.225 e. The number of amides is 1. The van der Waals surface area contributed by atoms with Gasteiger partial charge in [-0.2, -0.15) is 0 Å². The van der Waals surface area contributed by atoms with Crippen LogP contribution in [0, 0.1) is 5.92 Å². The average molecular weight is 379 g/mol. The maximum atomic E-state index is 13.0. The maximum absolute atomic E-state index is 13.0. The fourth-order valence-corrected chi connectivity index (χ4v) is 4.49. The summed E-state index contributed by atoms with van der Waals surface area (Å²) >= 11 is 0. The van der Waals surface area contributed by atoms with Gasteiger partial charge < -0.3 is 9.80 Å². The summed E-state index contributed by atoms with van der Waals surface area (Å²) in [7, 11) is 0. The van der Waals surface area contributed by atoms with Gasteiger partial charge in [-0.3, -0.25) is 4.79 Å². The molecule has 0 bridgehead atoms. The first kappa shape index (κ1) is 18.9. The van der Waals surface area contributed by atoms with E-state index < -0.39 is 0 Å². The number of hydrogen-bond donors (Lipinski definition) is 0. The van der Waals surface area contributed by atoms with Crippen LogP contribution >= 0.6 is 0 Å². The Balaban J connectivity index is 1.39. The summed E-state index contributed by atoms with van der Waals surface area (Å²) in [6.45, 7) is 7.53. The molecule has 1 amide bonds. The number of anilines is 1.